The minimum atomic E-state index is -0.430. The summed E-state index contributed by atoms with van der Waals surface area (Å²) in [5.41, 5.74) is 4.89. The summed E-state index contributed by atoms with van der Waals surface area (Å²) < 4.78 is 1.48. The average molecular weight is 237 g/mol. The molecule has 0 radical (unpaired) electrons. The molecular weight excluding hydrogens is 218 g/mol. The van der Waals surface area contributed by atoms with E-state index in [0.717, 1.165) is 12.8 Å². The fourth-order valence-corrected chi connectivity index (χ4v) is 2.71. The standard InChI is InChI=1S/C12H19N3O2/c1-8-3-2-4-9(5-8)7-15-10(13)6-11(16)14-12(15)17/h6,8-9H,2-5,7,13H2,1H3,(H,14,16,17). The molecule has 3 N–H and O–H groups in total. The summed E-state index contributed by atoms with van der Waals surface area (Å²) in [5, 5.41) is 0. The number of nitrogens with two attached hydrogens (primary N) is 1. The van der Waals surface area contributed by atoms with Gasteiger partial charge in [0.05, 0.1) is 0 Å². The number of H-pyrrole nitrogens is 1. The van der Waals surface area contributed by atoms with Crippen LogP contribution in [0.4, 0.5) is 5.82 Å². The Bertz CT molecular complexity index is 503. The number of rotatable bonds is 2. The minimum absolute atomic E-state index is 0.261. The van der Waals surface area contributed by atoms with Crippen LogP contribution in [-0.2, 0) is 6.54 Å². The smallest absolute Gasteiger partial charge is 0.329 e. The second-order valence-corrected chi connectivity index (χ2v) is 5.11. The molecule has 0 aromatic carbocycles. The first-order valence-electron chi connectivity index (χ1n) is 6.16. The predicted octanol–water partition coefficient (Wildman–Crippen LogP) is 0.945. The number of aromatic amines is 1. The first-order valence-corrected chi connectivity index (χ1v) is 6.16. The van der Waals surface area contributed by atoms with Gasteiger partial charge in [-0.25, -0.2) is 4.79 Å². The third-order valence-electron chi connectivity index (χ3n) is 3.55. The summed E-state index contributed by atoms with van der Waals surface area (Å²) in [6.07, 6.45) is 4.75. The van der Waals surface area contributed by atoms with Crippen LogP contribution in [0.15, 0.2) is 15.7 Å². The van der Waals surface area contributed by atoms with Crippen LogP contribution >= 0.6 is 0 Å². The molecular formula is C12H19N3O2. The molecule has 2 rings (SSSR count). The summed E-state index contributed by atoms with van der Waals surface area (Å²) >= 11 is 0. The van der Waals surface area contributed by atoms with E-state index in [9.17, 15) is 9.59 Å². The Labute approximate surface area is 99.7 Å². The number of hydrogen-bond donors (Lipinski definition) is 2. The highest BCUT2D eigenvalue weighted by Gasteiger charge is 2.20. The molecule has 5 nitrogen and oxygen atoms in total. The van der Waals surface area contributed by atoms with Crippen molar-refractivity contribution in [2.24, 2.45) is 11.8 Å². The van der Waals surface area contributed by atoms with Crippen molar-refractivity contribution in [2.45, 2.75) is 39.2 Å². The molecule has 5 heteroatoms. The maximum Gasteiger partial charge on any atom is 0.329 e. The lowest BCUT2D eigenvalue weighted by molar-refractivity contribution is 0.255. The Morgan fingerprint density at radius 1 is 1.47 bits per heavy atom. The Kier molecular flexibility index (Phi) is 3.36. The SMILES string of the molecule is CC1CCCC(Cn2c(N)cc(=O)[nH]c2=O)C1. The van der Waals surface area contributed by atoms with Gasteiger partial charge < -0.3 is 5.73 Å². The Hall–Kier alpha value is -1.52. The fourth-order valence-electron chi connectivity index (χ4n) is 2.71. The summed E-state index contributed by atoms with van der Waals surface area (Å²) in [7, 11) is 0. The van der Waals surface area contributed by atoms with E-state index in [0.29, 0.717) is 18.4 Å². The molecule has 1 aromatic rings. The van der Waals surface area contributed by atoms with Crippen molar-refractivity contribution in [3.8, 4) is 0 Å². The first kappa shape index (κ1) is 12.0. The van der Waals surface area contributed by atoms with Gasteiger partial charge in [-0.3, -0.25) is 14.3 Å². The molecule has 1 saturated carbocycles. The lowest BCUT2D eigenvalue weighted by Crippen LogP contribution is -2.34. The molecule has 0 spiro atoms. The monoisotopic (exact) mass is 237 g/mol. The number of nitrogens with one attached hydrogen (secondary N) is 1. The van der Waals surface area contributed by atoms with Gasteiger partial charge in [-0.1, -0.05) is 19.8 Å². The number of hydrogen-bond acceptors (Lipinski definition) is 3. The van der Waals surface area contributed by atoms with Crippen LogP contribution < -0.4 is 17.0 Å². The predicted molar refractivity (Wildman–Crippen MR) is 66.9 cm³/mol. The highest BCUT2D eigenvalue weighted by Crippen LogP contribution is 2.29. The molecule has 94 valence electrons. The van der Waals surface area contributed by atoms with Gasteiger partial charge >= 0.3 is 5.69 Å². The van der Waals surface area contributed by atoms with E-state index >= 15 is 0 Å². The van der Waals surface area contributed by atoms with Crippen LogP contribution in [0, 0.1) is 11.8 Å². The molecule has 2 unspecified atom stereocenters. The second kappa shape index (κ2) is 4.77. The van der Waals surface area contributed by atoms with Gasteiger partial charge in [-0.05, 0) is 24.7 Å². The van der Waals surface area contributed by atoms with Gasteiger partial charge in [0, 0.05) is 12.6 Å². The Morgan fingerprint density at radius 2 is 2.24 bits per heavy atom. The van der Waals surface area contributed by atoms with E-state index in [1.165, 1.54) is 23.5 Å². The van der Waals surface area contributed by atoms with Gasteiger partial charge in [0.25, 0.3) is 5.56 Å². The van der Waals surface area contributed by atoms with Crippen LogP contribution in [-0.4, -0.2) is 9.55 Å². The first-order chi connectivity index (χ1) is 8.06. The molecule has 2 atom stereocenters. The summed E-state index contributed by atoms with van der Waals surface area (Å²) in [6.45, 7) is 2.86. The molecule has 1 aliphatic carbocycles. The maximum atomic E-state index is 11.6. The number of anilines is 1. The topological polar surface area (TPSA) is 80.9 Å². The van der Waals surface area contributed by atoms with E-state index in [2.05, 4.69) is 11.9 Å². The van der Waals surface area contributed by atoms with Crippen molar-refractivity contribution in [3.63, 3.8) is 0 Å². The van der Waals surface area contributed by atoms with Gasteiger partial charge in [0.2, 0.25) is 0 Å². The molecule has 0 aliphatic heterocycles. The van der Waals surface area contributed by atoms with E-state index in [4.69, 9.17) is 5.73 Å². The normalized spacial score (nSPS) is 24.8. The van der Waals surface area contributed by atoms with E-state index in [-0.39, 0.29) is 5.82 Å². The Balaban J connectivity index is 2.18. The average Bonchev–Trinajstić information content (AvgIpc) is 2.23. The number of nitrogen functional groups attached to an aromatic ring is 1. The highest BCUT2D eigenvalue weighted by molar-refractivity contribution is 5.26. The zero-order chi connectivity index (χ0) is 12.4. The maximum absolute atomic E-state index is 11.6. The van der Waals surface area contributed by atoms with E-state index < -0.39 is 11.2 Å². The highest BCUT2D eigenvalue weighted by atomic mass is 16.2. The second-order valence-electron chi connectivity index (χ2n) is 5.11. The third kappa shape index (κ3) is 2.78. The van der Waals surface area contributed by atoms with Crippen molar-refractivity contribution < 1.29 is 0 Å². The fraction of sp³-hybridized carbons (Fsp3) is 0.667. The number of aromatic nitrogens is 2. The lowest BCUT2D eigenvalue weighted by atomic mass is 9.82. The summed E-state index contributed by atoms with van der Waals surface area (Å²) in [5.74, 6) is 1.47. The van der Waals surface area contributed by atoms with Crippen molar-refractivity contribution in [1.82, 2.24) is 9.55 Å². The number of nitrogens with zero attached hydrogens (tertiary/aromatic N) is 1. The van der Waals surface area contributed by atoms with E-state index in [1.54, 1.807) is 0 Å². The van der Waals surface area contributed by atoms with Crippen LogP contribution in [0.2, 0.25) is 0 Å². The minimum Gasteiger partial charge on any atom is -0.385 e. The molecule has 0 bridgehead atoms. The van der Waals surface area contributed by atoms with Crippen molar-refractivity contribution in [3.05, 3.63) is 26.9 Å². The van der Waals surface area contributed by atoms with Crippen LogP contribution in [0.25, 0.3) is 0 Å². The molecule has 17 heavy (non-hydrogen) atoms. The van der Waals surface area contributed by atoms with Gasteiger partial charge in [0.1, 0.15) is 5.82 Å². The van der Waals surface area contributed by atoms with Crippen molar-refractivity contribution in [2.75, 3.05) is 5.73 Å². The van der Waals surface area contributed by atoms with E-state index in [1.807, 2.05) is 0 Å². The zero-order valence-electron chi connectivity index (χ0n) is 10.1. The van der Waals surface area contributed by atoms with Crippen LogP contribution in [0.3, 0.4) is 0 Å². The van der Waals surface area contributed by atoms with Crippen LogP contribution in [0.5, 0.6) is 0 Å². The molecule has 1 heterocycles. The molecule has 1 fully saturated rings. The summed E-state index contributed by atoms with van der Waals surface area (Å²) in [4.78, 5) is 25.0. The molecule has 1 aliphatic rings. The van der Waals surface area contributed by atoms with Gasteiger partial charge in [0.15, 0.2) is 0 Å². The van der Waals surface area contributed by atoms with Gasteiger partial charge in [-0.2, -0.15) is 0 Å². The molecule has 1 aromatic heterocycles. The third-order valence-corrected chi connectivity index (χ3v) is 3.55. The largest absolute Gasteiger partial charge is 0.385 e. The van der Waals surface area contributed by atoms with Crippen molar-refractivity contribution >= 4 is 5.82 Å². The van der Waals surface area contributed by atoms with Crippen LogP contribution in [0.1, 0.15) is 32.6 Å². The lowest BCUT2D eigenvalue weighted by Gasteiger charge is -2.27. The van der Waals surface area contributed by atoms with Crippen molar-refractivity contribution in [1.29, 1.82) is 0 Å². The zero-order valence-corrected chi connectivity index (χ0v) is 10.1. The quantitative estimate of drug-likeness (QED) is 0.803. The van der Waals surface area contributed by atoms with Gasteiger partial charge in [-0.15, -0.1) is 0 Å². The Morgan fingerprint density at radius 3 is 2.88 bits per heavy atom. The molecule has 0 saturated heterocycles. The molecule has 0 amide bonds. The summed E-state index contributed by atoms with van der Waals surface area (Å²) in [6, 6.07) is 1.27.